The largest absolute Gasteiger partial charge is 0.309 e. The molecule has 0 spiro atoms. The Morgan fingerprint density at radius 3 is 0.948 bits per heavy atom. The van der Waals surface area contributed by atoms with E-state index in [0.717, 1.165) is 5.69 Å². The predicted octanol–water partition coefficient (Wildman–Crippen LogP) is 35.7. The van der Waals surface area contributed by atoms with Crippen LogP contribution in [0.5, 0.6) is 0 Å². The van der Waals surface area contributed by atoms with E-state index in [-0.39, 0.29) is 0 Å². The van der Waals surface area contributed by atoms with Crippen LogP contribution in [-0.2, 0) is 0 Å². The molecule has 0 unspecified atom stereocenters. The summed E-state index contributed by atoms with van der Waals surface area (Å²) in [6, 6.07) is 173. The third-order valence-electron chi connectivity index (χ3n) is 28.0. The minimum Gasteiger partial charge on any atom is -0.309 e. The van der Waals surface area contributed by atoms with Crippen molar-refractivity contribution in [1.29, 1.82) is 0 Å². The number of hydrogen-bond donors (Lipinski definition) is 0. The van der Waals surface area contributed by atoms with Crippen LogP contribution in [0.4, 0.5) is 0 Å². The molecule has 30 rings (SSSR count). The number of hydrogen-bond acceptors (Lipinski definition) is 3. The second-order valence-corrected chi connectivity index (χ2v) is 38.3. The molecule has 0 bridgehead atoms. The van der Waals surface area contributed by atoms with Crippen molar-refractivity contribution in [2.75, 3.05) is 0 Å². The summed E-state index contributed by atoms with van der Waals surface area (Å²) in [5, 5.41) is 23.2. The van der Waals surface area contributed by atoms with E-state index >= 15 is 0 Å². The Kier molecular flexibility index (Phi) is 17.6. The average molecular weight is 1770 g/mol. The molecule has 0 saturated carbocycles. The van der Waals surface area contributed by atoms with E-state index in [9.17, 15) is 0 Å². The first-order chi connectivity index (χ1) is 67.1. The van der Waals surface area contributed by atoms with Gasteiger partial charge in [0, 0.05) is 165 Å². The molecule has 0 aliphatic heterocycles. The van der Waals surface area contributed by atoms with Gasteiger partial charge in [0.1, 0.15) is 0 Å². The molecule has 9 heteroatoms. The normalized spacial score (nSPS) is 12.0. The Morgan fingerprint density at radius 2 is 0.459 bits per heavy atom. The molecule has 21 aromatic carbocycles. The van der Waals surface area contributed by atoms with Crippen molar-refractivity contribution in [3.63, 3.8) is 0 Å². The van der Waals surface area contributed by atoms with E-state index in [2.05, 4.69) is 501 Å². The molecule has 30 aromatic rings. The summed E-state index contributed by atoms with van der Waals surface area (Å²) in [6.07, 6.45) is 0. The van der Waals surface area contributed by atoms with Crippen LogP contribution in [0.1, 0.15) is 0 Å². The Bertz CT molecular complexity index is 10100. The SMILES string of the molecule is c1ccc(-n2c3ccccc3c3c2ccc2c4ccccc4n(-c4ccc(-c5cccc6sc7ccccc7c56)cc4)c23)cc1.c1ccc(-n2c3ccccc3c3c2ccc2c4ccccc4n(-c4cccc(-c5cccc6c5sc5ccccc56)c4)c23)cc1.c1ccc(-n2c3ccccc3c3c2ccc2c4ccccc4n(-c4ccccc4-c4cccc5c4sc4ccccc45)c23)cc1. The minimum absolute atomic E-state index is 1.16. The van der Waals surface area contributed by atoms with Crippen molar-refractivity contribution >= 4 is 225 Å². The zero-order valence-corrected chi connectivity index (χ0v) is 75.4. The molecule has 0 atom stereocenters. The summed E-state index contributed by atoms with van der Waals surface area (Å²) in [5.41, 5.74) is 29.3. The third-order valence-corrected chi connectivity index (χ3v) is 31.5. The number of benzene rings is 21. The van der Waals surface area contributed by atoms with Gasteiger partial charge in [0.2, 0.25) is 0 Å². The van der Waals surface area contributed by atoms with Crippen molar-refractivity contribution in [2.24, 2.45) is 0 Å². The third kappa shape index (κ3) is 11.8. The maximum absolute atomic E-state index is 2.52. The fourth-order valence-electron chi connectivity index (χ4n) is 22.3. The van der Waals surface area contributed by atoms with Crippen molar-refractivity contribution in [3.05, 3.63) is 473 Å². The standard InChI is InChI=1S/3C42H26N2S/c1-2-13-27(14-3-1)43-37-23-10-6-18-34(37)40-38(43)26-25-31-28-15-4-8-21-35(28)44(41(31)40)36-22-9-5-16-29(36)32-19-12-20-33-30-17-7-11-24-39(30)45-42(32)33;1-2-13-28(14-3-1)43-37-22-8-5-18-35(37)40-38(43)25-24-33-31-16-4-7-21-36(31)44(41(33)40)29-15-10-12-27(26-29)30-19-11-20-34-32-17-6-9-23-39(32)45-42(30)34;1-2-11-28(12-3-1)43-36-18-8-5-14-33(36)41-37(43)26-25-32-31-13-4-7-17-35(31)44(42(32)41)29-23-21-27(22-24-29)30-16-10-20-39-40(30)34-15-6-9-19-38(34)45-39/h3*1-26H. The lowest BCUT2D eigenvalue weighted by Gasteiger charge is -2.15. The average Bonchev–Trinajstić information content (AvgIpc) is 1.55. The van der Waals surface area contributed by atoms with Gasteiger partial charge >= 0.3 is 0 Å². The molecule has 9 heterocycles. The molecule has 0 saturated heterocycles. The number of nitrogens with zero attached hydrogens (tertiary/aromatic N) is 6. The van der Waals surface area contributed by atoms with Crippen LogP contribution < -0.4 is 0 Å². The number of rotatable bonds is 9. The quantitative estimate of drug-likeness (QED) is 0.138. The molecule has 135 heavy (non-hydrogen) atoms. The van der Waals surface area contributed by atoms with Gasteiger partial charge in [-0.05, 0) is 168 Å². The van der Waals surface area contributed by atoms with Gasteiger partial charge in [0.15, 0.2) is 0 Å². The van der Waals surface area contributed by atoms with Crippen molar-refractivity contribution in [2.45, 2.75) is 0 Å². The summed E-state index contributed by atoms with van der Waals surface area (Å²) < 4.78 is 22.7. The van der Waals surface area contributed by atoms with E-state index in [4.69, 9.17) is 0 Å². The Labute approximate surface area is 787 Å². The van der Waals surface area contributed by atoms with Crippen LogP contribution in [0.2, 0.25) is 0 Å². The maximum atomic E-state index is 2.52. The zero-order valence-electron chi connectivity index (χ0n) is 72.9. The fourth-order valence-corrected chi connectivity index (χ4v) is 25.9. The van der Waals surface area contributed by atoms with Gasteiger partial charge in [-0.1, -0.05) is 328 Å². The van der Waals surface area contributed by atoms with Gasteiger partial charge in [-0.25, -0.2) is 0 Å². The van der Waals surface area contributed by atoms with Gasteiger partial charge in [-0.2, -0.15) is 0 Å². The van der Waals surface area contributed by atoms with Gasteiger partial charge in [0.05, 0.1) is 71.9 Å². The summed E-state index contributed by atoms with van der Waals surface area (Å²) in [6.45, 7) is 0. The molecular formula is C126H78N6S3. The fraction of sp³-hybridized carbons (Fsp3) is 0. The predicted molar refractivity (Wildman–Crippen MR) is 580 cm³/mol. The number of aromatic nitrogens is 6. The Balaban J connectivity index is 0.000000101. The summed E-state index contributed by atoms with van der Waals surface area (Å²) in [7, 11) is 0. The van der Waals surface area contributed by atoms with Gasteiger partial charge in [0.25, 0.3) is 0 Å². The van der Waals surface area contributed by atoms with Gasteiger partial charge in [-0.15, -0.1) is 34.0 Å². The molecule has 0 aliphatic carbocycles. The summed E-state index contributed by atoms with van der Waals surface area (Å²) >= 11 is 5.65. The zero-order chi connectivity index (χ0) is 88.5. The van der Waals surface area contributed by atoms with Crippen LogP contribution in [0.25, 0.3) is 259 Å². The van der Waals surface area contributed by atoms with E-state index in [1.54, 1.807) is 0 Å². The summed E-state index contributed by atoms with van der Waals surface area (Å²) in [4.78, 5) is 0. The highest BCUT2D eigenvalue weighted by Gasteiger charge is 2.28. The van der Waals surface area contributed by atoms with Crippen molar-refractivity contribution in [3.8, 4) is 67.5 Å². The minimum atomic E-state index is 1.16. The Morgan fingerprint density at radius 1 is 0.141 bits per heavy atom. The van der Waals surface area contributed by atoms with E-state index < -0.39 is 0 Å². The van der Waals surface area contributed by atoms with Crippen LogP contribution in [0.15, 0.2) is 473 Å². The van der Waals surface area contributed by atoms with Crippen LogP contribution in [0, 0.1) is 0 Å². The maximum Gasteiger partial charge on any atom is 0.0641 e. The molecule has 6 nitrogen and oxygen atoms in total. The lowest BCUT2D eigenvalue weighted by atomic mass is 9.99. The molecule has 0 N–H and O–H groups in total. The molecule has 630 valence electrons. The van der Waals surface area contributed by atoms with E-state index in [1.165, 1.54) is 253 Å². The molecule has 0 amide bonds. The number of fused-ring (bicyclic) bond motifs is 30. The highest BCUT2D eigenvalue weighted by molar-refractivity contribution is 7.27. The Hall–Kier alpha value is -16.9. The summed E-state index contributed by atoms with van der Waals surface area (Å²) in [5.74, 6) is 0. The molecule has 9 aromatic heterocycles. The van der Waals surface area contributed by atoms with Gasteiger partial charge < -0.3 is 27.4 Å². The topological polar surface area (TPSA) is 29.6 Å². The van der Waals surface area contributed by atoms with Crippen molar-refractivity contribution < 1.29 is 0 Å². The first kappa shape index (κ1) is 76.9. The molecule has 0 aliphatic rings. The second-order valence-electron chi connectivity index (χ2n) is 35.1. The molecular weight excluding hydrogens is 1690 g/mol. The lowest BCUT2D eigenvalue weighted by molar-refractivity contribution is 1.17. The van der Waals surface area contributed by atoms with E-state index in [1.807, 2.05) is 34.0 Å². The number of para-hydroxylation sites is 10. The van der Waals surface area contributed by atoms with Crippen LogP contribution in [-0.4, -0.2) is 27.4 Å². The monoisotopic (exact) mass is 1770 g/mol. The number of thiophene rings is 3. The first-order valence-corrected chi connectivity index (χ1v) is 48.6. The highest BCUT2D eigenvalue weighted by Crippen LogP contribution is 2.51. The highest BCUT2D eigenvalue weighted by atomic mass is 32.1. The van der Waals surface area contributed by atoms with E-state index in [0.29, 0.717) is 0 Å². The van der Waals surface area contributed by atoms with Gasteiger partial charge in [-0.3, -0.25) is 0 Å². The lowest BCUT2D eigenvalue weighted by Crippen LogP contribution is -1.98. The second kappa shape index (κ2) is 30.9. The van der Waals surface area contributed by atoms with Crippen molar-refractivity contribution in [1.82, 2.24) is 27.4 Å². The molecule has 0 radical (unpaired) electrons. The molecule has 0 fully saturated rings. The van der Waals surface area contributed by atoms with Crippen LogP contribution in [0.3, 0.4) is 0 Å². The smallest absolute Gasteiger partial charge is 0.0641 e. The first-order valence-electron chi connectivity index (χ1n) is 46.1. The van der Waals surface area contributed by atoms with Crippen LogP contribution >= 0.6 is 34.0 Å².